The number of thiazole rings is 1. The van der Waals surface area contributed by atoms with Crippen LogP contribution in [-0.4, -0.2) is 40.7 Å². The van der Waals surface area contributed by atoms with E-state index in [-0.39, 0.29) is 41.8 Å². The number of benzene rings is 2. The number of nitrogens with one attached hydrogen (secondary N) is 2. The number of carboxylic acids is 1. The summed E-state index contributed by atoms with van der Waals surface area (Å²) in [6.45, 7) is 0.490. The van der Waals surface area contributed by atoms with Crippen LogP contribution in [0.2, 0.25) is 0 Å². The number of hydrogen-bond donors (Lipinski definition) is 3. The molecule has 0 spiro atoms. The zero-order valence-electron chi connectivity index (χ0n) is 18.9. The molecule has 2 aliphatic rings. The normalized spacial score (nSPS) is 18.2. The van der Waals surface area contributed by atoms with Gasteiger partial charge in [0.25, 0.3) is 0 Å². The lowest BCUT2D eigenvalue weighted by Gasteiger charge is -2.35. The lowest BCUT2D eigenvalue weighted by atomic mass is 9.78. The number of alkyl carbamates (subject to hydrolysis) is 1. The van der Waals surface area contributed by atoms with Crippen LogP contribution in [0.5, 0.6) is 0 Å². The van der Waals surface area contributed by atoms with Gasteiger partial charge in [-0.25, -0.2) is 14.6 Å². The maximum atomic E-state index is 12.4. The number of amides is 2. The first-order valence-electron chi connectivity index (χ1n) is 11.5. The molecule has 2 aromatic carbocycles. The van der Waals surface area contributed by atoms with E-state index in [1.165, 1.54) is 28.5 Å². The van der Waals surface area contributed by atoms with E-state index in [2.05, 4.69) is 39.9 Å². The van der Waals surface area contributed by atoms with Crippen molar-refractivity contribution >= 4 is 29.3 Å². The molecule has 0 radical (unpaired) electrons. The summed E-state index contributed by atoms with van der Waals surface area (Å²) in [5.41, 5.74) is 4.73. The Morgan fingerprint density at radius 2 is 1.69 bits per heavy atom. The minimum absolute atomic E-state index is 0.000498. The lowest BCUT2D eigenvalue weighted by Crippen LogP contribution is -2.45. The predicted octanol–water partition coefficient (Wildman–Crippen LogP) is 4.16. The zero-order valence-corrected chi connectivity index (χ0v) is 19.7. The van der Waals surface area contributed by atoms with E-state index in [0.29, 0.717) is 11.4 Å². The molecular weight excluding hydrogens is 466 g/mol. The summed E-state index contributed by atoms with van der Waals surface area (Å²) < 4.78 is 5.59. The average molecular weight is 492 g/mol. The van der Waals surface area contributed by atoms with Crippen LogP contribution in [0.3, 0.4) is 0 Å². The van der Waals surface area contributed by atoms with Crippen LogP contribution in [0.25, 0.3) is 11.1 Å². The molecule has 1 aromatic heterocycles. The summed E-state index contributed by atoms with van der Waals surface area (Å²) in [7, 11) is 0. The third-order valence-corrected chi connectivity index (χ3v) is 7.56. The number of carboxylic acid groups (broad SMARTS) is 1. The molecule has 9 heteroatoms. The van der Waals surface area contributed by atoms with Gasteiger partial charge in [0.2, 0.25) is 5.91 Å². The van der Waals surface area contributed by atoms with E-state index in [0.717, 1.165) is 24.2 Å². The Bertz CT molecular complexity index is 1220. The van der Waals surface area contributed by atoms with Crippen LogP contribution in [0.1, 0.15) is 51.0 Å². The molecular formula is C26H25N3O5S. The van der Waals surface area contributed by atoms with Crippen LogP contribution in [0, 0.1) is 5.92 Å². The van der Waals surface area contributed by atoms with Gasteiger partial charge in [0.05, 0.1) is 12.7 Å². The van der Waals surface area contributed by atoms with Crippen molar-refractivity contribution in [2.45, 2.75) is 37.8 Å². The number of aromatic carboxylic acids is 1. The Kier molecular flexibility index (Phi) is 6.50. The summed E-state index contributed by atoms with van der Waals surface area (Å²) in [4.78, 5) is 39.6. The standard InChI is InChI=1S/C26H25N3O5S/c30-23(27-13-24-28-12-22(35-24)25(31)32)11-15-9-16(10-15)29-26(33)34-14-21-19-7-3-1-5-17(19)18-6-2-4-8-20(18)21/h1-8,12,15-16,21H,9-11,13-14H2,(H,27,30)(H,29,33)(H,31,32). The summed E-state index contributed by atoms with van der Waals surface area (Å²) in [6, 6.07) is 16.4. The average Bonchev–Trinajstić information content (AvgIpc) is 3.43. The molecule has 3 N–H and O–H groups in total. The maximum Gasteiger partial charge on any atom is 0.407 e. The lowest BCUT2D eigenvalue weighted by molar-refractivity contribution is -0.122. The highest BCUT2D eigenvalue weighted by molar-refractivity contribution is 7.13. The Morgan fingerprint density at radius 3 is 2.31 bits per heavy atom. The third-order valence-electron chi connectivity index (χ3n) is 6.58. The van der Waals surface area contributed by atoms with E-state index < -0.39 is 12.1 Å². The molecule has 0 saturated heterocycles. The Labute approximate surface area is 206 Å². The van der Waals surface area contributed by atoms with Crippen molar-refractivity contribution in [3.63, 3.8) is 0 Å². The summed E-state index contributed by atoms with van der Waals surface area (Å²) >= 11 is 1.05. The Morgan fingerprint density at radius 1 is 1.03 bits per heavy atom. The molecule has 0 bridgehead atoms. The van der Waals surface area contributed by atoms with Gasteiger partial charge in [0.1, 0.15) is 16.5 Å². The first kappa shape index (κ1) is 23.0. The quantitative estimate of drug-likeness (QED) is 0.435. The fraction of sp³-hybridized carbons (Fsp3) is 0.308. The zero-order chi connectivity index (χ0) is 24.4. The van der Waals surface area contributed by atoms with Crippen molar-refractivity contribution in [1.82, 2.24) is 15.6 Å². The molecule has 0 aliphatic heterocycles. The maximum absolute atomic E-state index is 12.4. The van der Waals surface area contributed by atoms with E-state index in [1.807, 2.05) is 24.3 Å². The van der Waals surface area contributed by atoms with Crippen LogP contribution >= 0.6 is 11.3 Å². The van der Waals surface area contributed by atoms with Gasteiger partial charge in [-0.1, -0.05) is 48.5 Å². The Balaban J connectivity index is 1.04. The molecule has 1 fully saturated rings. The van der Waals surface area contributed by atoms with Gasteiger partial charge in [-0.3, -0.25) is 4.79 Å². The molecule has 1 heterocycles. The topological polar surface area (TPSA) is 118 Å². The van der Waals surface area contributed by atoms with E-state index >= 15 is 0 Å². The van der Waals surface area contributed by atoms with Crippen LogP contribution < -0.4 is 10.6 Å². The molecule has 0 unspecified atom stereocenters. The number of aromatic nitrogens is 1. The predicted molar refractivity (Wildman–Crippen MR) is 130 cm³/mol. The molecule has 5 rings (SSSR count). The molecule has 3 aromatic rings. The molecule has 2 amide bonds. The summed E-state index contributed by atoms with van der Waals surface area (Å²) in [6.07, 6.45) is 2.66. The van der Waals surface area contributed by atoms with Gasteiger partial charge in [-0.2, -0.15) is 0 Å². The second-order valence-corrected chi connectivity index (χ2v) is 10.0. The fourth-order valence-electron chi connectivity index (χ4n) is 4.83. The van der Waals surface area contributed by atoms with Crippen molar-refractivity contribution in [1.29, 1.82) is 0 Å². The molecule has 180 valence electrons. The molecule has 8 nitrogen and oxygen atoms in total. The first-order chi connectivity index (χ1) is 17.0. The third kappa shape index (κ3) is 5.05. The summed E-state index contributed by atoms with van der Waals surface area (Å²) in [5, 5.41) is 15.2. The van der Waals surface area contributed by atoms with Crippen molar-refractivity contribution in [2.24, 2.45) is 5.92 Å². The van der Waals surface area contributed by atoms with Crippen molar-refractivity contribution in [2.75, 3.05) is 6.61 Å². The number of rotatable bonds is 8. The highest BCUT2D eigenvalue weighted by Gasteiger charge is 2.33. The minimum Gasteiger partial charge on any atom is -0.477 e. The van der Waals surface area contributed by atoms with E-state index in [4.69, 9.17) is 9.84 Å². The van der Waals surface area contributed by atoms with Crippen molar-refractivity contribution < 1.29 is 24.2 Å². The van der Waals surface area contributed by atoms with Gasteiger partial charge in [-0.05, 0) is 41.0 Å². The number of carbonyl (C=O) groups excluding carboxylic acids is 2. The minimum atomic E-state index is -1.02. The highest BCUT2D eigenvalue weighted by atomic mass is 32.1. The van der Waals surface area contributed by atoms with Gasteiger partial charge < -0.3 is 20.5 Å². The largest absolute Gasteiger partial charge is 0.477 e. The monoisotopic (exact) mass is 491 g/mol. The number of ether oxygens (including phenoxy) is 1. The van der Waals surface area contributed by atoms with Crippen molar-refractivity contribution in [3.8, 4) is 11.1 Å². The number of nitrogens with zero attached hydrogens (tertiary/aromatic N) is 1. The van der Waals surface area contributed by atoms with Gasteiger partial charge in [-0.15, -0.1) is 11.3 Å². The number of hydrogen-bond acceptors (Lipinski definition) is 6. The molecule has 0 atom stereocenters. The fourth-order valence-corrected chi connectivity index (χ4v) is 5.52. The summed E-state index contributed by atoms with van der Waals surface area (Å²) in [5.74, 6) is -0.915. The Hall–Kier alpha value is -3.72. The van der Waals surface area contributed by atoms with Crippen LogP contribution in [0.4, 0.5) is 4.79 Å². The SMILES string of the molecule is O=C(CC1CC(NC(=O)OCC2c3ccccc3-c3ccccc32)C1)NCc1ncc(C(=O)O)s1. The number of carbonyl (C=O) groups is 3. The second-order valence-electron chi connectivity index (χ2n) is 8.91. The van der Waals surface area contributed by atoms with Crippen LogP contribution in [0.15, 0.2) is 54.7 Å². The van der Waals surface area contributed by atoms with Crippen LogP contribution in [-0.2, 0) is 16.1 Å². The highest BCUT2D eigenvalue weighted by Crippen LogP contribution is 2.44. The molecule has 2 aliphatic carbocycles. The first-order valence-corrected chi connectivity index (χ1v) is 12.4. The van der Waals surface area contributed by atoms with Crippen molar-refractivity contribution in [3.05, 3.63) is 75.7 Å². The van der Waals surface area contributed by atoms with E-state index in [9.17, 15) is 14.4 Å². The van der Waals surface area contributed by atoms with Gasteiger partial charge in [0, 0.05) is 18.4 Å². The van der Waals surface area contributed by atoms with Gasteiger partial charge in [0.15, 0.2) is 0 Å². The second kappa shape index (κ2) is 9.87. The molecule has 1 saturated carbocycles. The van der Waals surface area contributed by atoms with E-state index in [1.54, 1.807) is 0 Å². The molecule has 35 heavy (non-hydrogen) atoms. The smallest absolute Gasteiger partial charge is 0.407 e. The number of fused-ring (bicyclic) bond motifs is 3. The van der Waals surface area contributed by atoms with Gasteiger partial charge >= 0.3 is 12.1 Å².